The number of halogens is 3. The lowest BCUT2D eigenvalue weighted by Gasteiger charge is -2.02. The molecule has 0 radical (unpaired) electrons. The monoisotopic (exact) mass is 311 g/mol. The fourth-order valence-corrected chi connectivity index (χ4v) is 1.55. The normalized spacial score (nSPS) is 11.1. The van der Waals surface area contributed by atoms with Crippen molar-refractivity contribution in [3.8, 4) is 5.75 Å². The van der Waals surface area contributed by atoms with Gasteiger partial charge in [-0.3, -0.25) is 0 Å². The molecule has 0 aliphatic heterocycles. The summed E-state index contributed by atoms with van der Waals surface area (Å²) in [5.74, 6) is 0.0695. The van der Waals surface area contributed by atoms with Crippen LogP contribution in [0.4, 0.5) is 8.78 Å². The zero-order chi connectivity index (χ0) is 10.1. The topological polar surface area (TPSA) is 35.3 Å². The van der Waals surface area contributed by atoms with Crippen molar-refractivity contribution in [2.75, 3.05) is 0 Å². The summed E-state index contributed by atoms with van der Waals surface area (Å²) in [5, 5.41) is 0. The molecule has 0 atom stereocenters. The average Bonchev–Trinajstić information content (AvgIpc) is 2.42. The number of fused-ring (bicyclic) bond motifs is 1. The molecule has 0 spiro atoms. The van der Waals surface area contributed by atoms with Gasteiger partial charge in [0, 0.05) is 28.7 Å². The quantitative estimate of drug-likeness (QED) is 0.800. The lowest BCUT2D eigenvalue weighted by Crippen LogP contribution is -2.01. The molecule has 2 aromatic rings. The maximum atomic E-state index is 11.9. The van der Waals surface area contributed by atoms with E-state index < -0.39 is 6.61 Å². The second-order valence-corrected chi connectivity index (χ2v) is 3.40. The van der Waals surface area contributed by atoms with Crippen molar-refractivity contribution in [1.29, 1.82) is 0 Å². The van der Waals surface area contributed by atoms with E-state index in [9.17, 15) is 8.78 Å². The van der Waals surface area contributed by atoms with Crippen LogP contribution in [0, 0.1) is 3.90 Å². The number of ether oxygens (including phenoxy) is 1. The van der Waals surface area contributed by atoms with Gasteiger partial charge in [0.05, 0.1) is 0 Å². The number of oxazole rings is 1. The van der Waals surface area contributed by atoms with E-state index in [2.05, 4.69) is 9.72 Å². The third-order valence-electron chi connectivity index (χ3n) is 1.56. The van der Waals surface area contributed by atoms with Crippen LogP contribution in [0.15, 0.2) is 22.6 Å². The highest BCUT2D eigenvalue weighted by molar-refractivity contribution is 14.1. The third-order valence-corrected chi connectivity index (χ3v) is 2.02. The number of nitrogens with zero attached hydrogens (tertiary/aromatic N) is 1. The van der Waals surface area contributed by atoms with Gasteiger partial charge in [-0.25, -0.2) is 4.98 Å². The summed E-state index contributed by atoms with van der Waals surface area (Å²) in [7, 11) is 0. The fraction of sp³-hybridized carbons (Fsp3) is 0.125. The van der Waals surface area contributed by atoms with Crippen molar-refractivity contribution in [2.24, 2.45) is 0 Å². The van der Waals surface area contributed by atoms with Gasteiger partial charge >= 0.3 is 6.61 Å². The van der Waals surface area contributed by atoms with E-state index in [0.29, 0.717) is 15.0 Å². The lowest BCUT2D eigenvalue weighted by molar-refractivity contribution is -0.0497. The number of hydrogen-bond donors (Lipinski definition) is 0. The Morgan fingerprint density at radius 1 is 1.43 bits per heavy atom. The number of alkyl halides is 2. The minimum Gasteiger partial charge on any atom is -0.435 e. The number of rotatable bonds is 2. The molecule has 1 aromatic carbocycles. The number of aromatic nitrogens is 1. The second-order valence-electron chi connectivity index (χ2n) is 2.47. The lowest BCUT2D eigenvalue weighted by atomic mass is 10.3. The highest BCUT2D eigenvalue weighted by atomic mass is 127. The van der Waals surface area contributed by atoms with Crippen LogP contribution >= 0.6 is 22.6 Å². The Balaban J connectivity index is 2.40. The van der Waals surface area contributed by atoms with E-state index in [4.69, 9.17) is 4.42 Å². The van der Waals surface area contributed by atoms with Gasteiger partial charge in [0.15, 0.2) is 5.58 Å². The van der Waals surface area contributed by atoms with Crippen LogP contribution in [0.25, 0.3) is 11.1 Å². The molecule has 0 fully saturated rings. The number of hydrogen-bond acceptors (Lipinski definition) is 3. The third kappa shape index (κ3) is 1.94. The number of benzene rings is 1. The molecule has 6 heteroatoms. The van der Waals surface area contributed by atoms with Gasteiger partial charge in [0.1, 0.15) is 11.3 Å². The zero-order valence-corrected chi connectivity index (χ0v) is 8.86. The van der Waals surface area contributed by atoms with Crippen molar-refractivity contribution in [1.82, 2.24) is 4.98 Å². The maximum Gasteiger partial charge on any atom is 0.387 e. The minimum atomic E-state index is -2.82. The summed E-state index contributed by atoms with van der Waals surface area (Å²) in [5.41, 5.74) is 1.06. The van der Waals surface area contributed by atoms with Crippen LogP contribution in [0.3, 0.4) is 0 Å². The van der Waals surface area contributed by atoms with Gasteiger partial charge in [0.2, 0.25) is 0 Å². The standard InChI is InChI=1S/C8H4F2INO2/c9-7(10)13-4-1-2-5-6(3-4)14-8(11)12-5/h1-3,7H. The van der Waals surface area contributed by atoms with E-state index in [-0.39, 0.29) is 5.75 Å². The van der Waals surface area contributed by atoms with Crippen LogP contribution < -0.4 is 4.74 Å². The van der Waals surface area contributed by atoms with E-state index in [1.807, 2.05) is 22.6 Å². The predicted molar refractivity (Wildman–Crippen MR) is 53.4 cm³/mol. The predicted octanol–water partition coefficient (Wildman–Crippen LogP) is 3.03. The van der Waals surface area contributed by atoms with Gasteiger partial charge in [0.25, 0.3) is 3.90 Å². The maximum absolute atomic E-state index is 11.9. The van der Waals surface area contributed by atoms with Crippen molar-refractivity contribution in [3.63, 3.8) is 0 Å². The van der Waals surface area contributed by atoms with Crippen molar-refractivity contribution in [2.45, 2.75) is 6.61 Å². The first-order valence-electron chi connectivity index (χ1n) is 3.66. The van der Waals surface area contributed by atoms with Gasteiger partial charge < -0.3 is 9.15 Å². The molecule has 0 aliphatic carbocycles. The Bertz CT molecular complexity index is 458. The molecular weight excluding hydrogens is 307 g/mol. The molecular formula is C8H4F2INO2. The van der Waals surface area contributed by atoms with E-state index in [0.717, 1.165) is 0 Å². The second kappa shape index (κ2) is 3.68. The van der Waals surface area contributed by atoms with Crippen LogP contribution in [0.1, 0.15) is 0 Å². The molecule has 14 heavy (non-hydrogen) atoms. The molecule has 0 saturated heterocycles. The summed E-state index contributed by atoms with van der Waals surface area (Å²) in [6, 6.07) is 4.38. The Morgan fingerprint density at radius 2 is 2.21 bits per heavy atom. The van der Waals surface area contributed by atoms with Crippen LogP contribution in [-0.2, 0) is 0 Å². The molecule has 0 aliphatic rings. The first-order chi connectivity index (χ1) is 6.65. The van der Waals surface area contributed by atoms with E-state index >= 15 is 0 Å². The minimum absolute atomic E-state index is 0.0695. The smallest absolute Gasteiger partial charge is 0.387 e. The Labute approximate surface area is 91.2 Å². The molecule has 1 heterocycles. The van der Waals surface area contributed by atoms with Gasteiger partial charge in [-0.05, 0) is 12.1 Å². The molecule has 74 valence electrons. The molecule has 1 aromatic heterocycles. The van der Waals surface area contributed by atoms with E-state index in [1.54, 1.807) is 6.07 Å². The van der Waals surface area contributed by atoms with Gasteiger partial charge in [-0.1, -0.05) is 0 Å². The van der Waals surface area contributed by atoms with Crippen LogP contribution in [0.2, 0.25) is 0 Å². The molecule has 0 N–H and O–H groups in total. The largest absolute Gasteiger partial charge is 0.435 e. The Morgan fingerprint density at radius 3 is 2.93 bits per heavy atom. The summed E-state index contributed by atoms with van der Waals surface area (Å²) >= 11 is 1.90. The summed E-state index contributed by atoms with van der Waals surface area (Å²) in [6.45, 7) is -2.82. The van der Waals surface area contributed by atoms with Crippen molar-refractivity contribution < 1.29 is 17.9 Å². The molecule has 3 nitrogen and oxygen atoms in total. The van der Waals surface area contributed by atoms with E-state index in [1.165, 1.54) is 12.1 Å². The Hall–Kier alpha value is -0.920. The summed E-state index contributed by atoms with van der Waals surface area (Å²) in [4.78, 5) is 4.01. The highest BCUT2D eigenvalue weighted by Crippen LogP contribution is 2.23. The first kappa shape index (κ1) is 9.63. The van der Waals surface area contributed by atoms with Gasteiger partial charge in [-0.2, -0.15) is 8.78 Å². The summed E-state index contributed by atoms with van der Waals surface area (Å²) < 4.78 is 33.5. The Kier molecular flexibility index (Phi) is 2.53. The molecule has 0 bridgehead atoms. The molecule has 2 rings (SSSR count). The van der Waals surface area contributed by atoms with Gasteiger partial charge in [-0.15, -0.1) is 0 Å². The SMILES string of the molecule is FC(F)Oc1ccc2nc(I)oc2c1. The van der Waals surface area contributed by atoms with Crippen molar-refractivity contribution >= 4 is 33.7 Å². The van der Waals surface area contributed by atoms with Crippen LogP contribution in [0.5, 0.6) is 5.75 Å². The molecule has 0 amide bonds. The molecule has 0 saturated carbocycles. The van der Waals surface area contributed by atoms with Crippen molar-refractivity contribution in [3.05, 3.63) is 22.1 Å². The summed E-state index contributed by atoms with van der Waals surface area (Å²) in [6.07, 6.45) is 0. The first-order valence-corrected chi connectivity index (χ1v) is 4.74. The highest BCUT2D eigenvalue weighted by Gasteiger charge is 2.07. The zero-order valence-electron chi connectivity index (χ0n) is 6.71. The molecule has 0 unspecified atom stereocenters. The average molecular weight is 311 g/mol. The fourth-order valence-electron chi connectivity index (χ4n) is 1.05. The van der Waals surface area contributed by atoms with Crippen LogP contribution in [-0.4, -0.2) is 11.6 Å².